The van der Waals surface area contributed by atoms with Gasteiger partial charge in [0.1, 0.15) is 0 Å². The Morgan fingerprint density at radius 3 is 2.26 bits per heavy atom. The van der Waals surface area contributed by atoms with Crippen LogP contribution in [0.5, 0.6) is 5.06 Å². The minimum Gasteiger partial charge on any atom is -0.484 e. The predicted octanol–water partition coefficient (Wildman–Crippen LogP) is 5.54. The maximum atomic E-state index is 5.51. The van der Waals surface area contributed by atoms with E-state index in [0.717, 1.165) is 11.7 Å². The van der Waals surface area contributed by atoms with Gasteiger partial charge >= 0.3 is 0 Å². The van der Waals surface area contributed by atoms with E-state index in [4.69, 9.17) is 4.74 Å². The number of thiophene rings is 2. The molecule has 0 aliphatic carbocycles. The second-order valence-electron chi connectivity index (χ2n) is 4.11. The van der Waals surface area contributed by atoms with Crippen molar-refractivity contribution in [2.24, 2.45) is 0 Å². The summed E-state index contributed by atoms with van der Waals surface area (Å²) < 4.78 is 5.51. The Labute approximate surface area is 121 Å². The Morgan fingerprint density at radius 1 is 0.895 bits per heavy atom. The Morgan fingerprint density at radius 2 is 1.63 bits per heavy atom. The summed E-state index contributed by atoms with van der Waals surface area (Å²) in [5.41, 5.74) is 2.52. The minimum atomic E-state index is 0.720. The van der Waals surface area contributed by atoms with Crippen LogP contribution in [0.3, 0.4) is 0 Å². The molecule has 96 valence electrons. The molecule has 1 nitrogen and oxygen atoms in total. The molecule has 0 atom stereocenters. The van der Waals surface area contributed by atoms with Crippen LogP contribution in [0.15, 0.2) is 53.9 Å². The van der Waals surface area contributed by atoms with Gasteiger partial charge in [-0.05, 0) is 41.6 Å². The van der Waals surface area contributed by atoms with Crippen LogP contribution in [-0.4, -0.2) is 6.61 Å². The highest BCUT2D eigenvalue weighted by Gasteiger charge is 2.04. The smallest absolute Gasteiger partial charge is 0.174 e. The lowest BCUT2D eigenvalue weighted by molar-refractivity contribution is 0.350. The molecule has 0 saturated heterocycles. The molecule has 0 bridgehead atoms. The van der Waals surface area contributed by atoms with Gasteiger partial charge in [0.05, 0.1) is 6.61 Å². The maximum Gasteiger partial charge on any atom is 0.174 e. The molecule has 2 heterocycles. The summed E-state index contributed by atoms with van der Waals surface area (Å²) in [5.74, 6) is 0. The Hall–Kier alpha value is -1.58. The largest absolute Gasteiger partial charge is 0.484 e. The minimum absolute atomic E-state index is 0.720. The van der Waals surface area contributed by atoms with Crippen molar-refractivity contribution < 1.29 is 4.74 Å². The Bertz CT molecular complexity index is 636. The summed E-state index contributed by atoms with van der Waals surface area (Å²) >= 11 is 3.47. The highest BCUT2D eigenvalue weighted by Crippen LogP contribution is 2.34. The highest BCUT2D eigenvalue weighted by atomic mass is 32.1. The van der Waals surface area contributed by atoms with Gasteiger partial charge in [0.2, 0.25) is 0 Å². The zero-order valence-electron chi connectivity index (χ0n) is 10.6. The van der Waals surface area contributed by atoms with Crippen LogP contribution >= 0.6 is 22.7 Å². The third kappa shape index (κ3) is 2.72. The van der Waals surface area contributed by atoms with Crippen molar-refractivity contribution in [2.75, 3.05) is 6.61 Å². The standard InChI is InChI=1S/C16H14OS2/c1-2-17-16-10-9-15(19-16)13-7-5-12(6-8-13)14-4-3-11-18-14/h3-11H,2H2,1H3. The summed E-state index contributed by atoms with van der Waals surface area (Å²) in [6, 6.07) is 17.1. The molecule has 19 heavy (non-hydrogen) atoms. The van der Waals surface area contributed by atoms with Gasteiger partial charge in [-0.1, -0.05) is 41.7 Å². The number of hydrogen-bond acceptors (Lipinski definition) is 3. The van der Waals surface area contributed by atoms with E-state index in [-0.39, 0.29) is 0 Å². The van der Waals surface area contributed by atoms with Crippen molar-refractivity contribution in [3.63, 3.8) is 0 Å². The number of rotatable bonds is 4. The van der Waals surface area contributed by atoms with Gasteiger partial charge in [-0.2, -0.15) is 0 Å². The molecule has 0 saturated carbocycles. The number of hydrogen-bond donors (Lipinski definition) is 0. The van der Waals surface area contributed by atoms with Crippen LogP contribution in [-0.2, 0) is 0 Å². The Balaban J connectivity index is 1.85. The average molecular weight is 286 g/mol. The Kier molecular flexibility index (Phi) is 3.67. The predicted molar refractivity (Wildman–Crippen MR) is 84.2 cm³/mol. The van der Waals surface area contributed by atoms with E-state index < -0.39 is 0 Å². The van der Waals surface area contributed by atoms with Gasteiger partial charge < -0.3 is 4.74 Å². The molecule has 0 fully saturated rings. The fourth-order valence-corrected chi connectivity index (χ4v) is 3.59. The van der Waals surface area contributed by atoms with Crippen molar-refractivity contribution in [2.45, 2.75) is 6.92 Å². The zero-order valence-corrected chi connectivity index (χ0v) is 12.3. The second-order valence-corrected chi connectivity index (χ2v) is 6.10. The van der Waals surface area contributed by atoms with Gasteiger partial charge in [0, 0.05) is 9.75 Å². The van der Waals surface area contributed by atoms with Crippen LogP contribution in [0, 0.1) is 0 Å². The highest BCUT2D eigenvalue weighted by molar-refractivity contribution is 7.17. The van der Waals surface area contributed by atoms with Crippen molar-refractivity contribution in [1.82, 2.24) is 0 Å². The van der Waals surface area contributed by atoms with E-state index in [1.54, 1.807) is 22.7 Å². The van der Waals surface area contributed by atoms with E-state index in [9.17, 15) is 0 Å². The number of ether oxygens (including phenoxy) is 1. The van der Waals surface area contributed by atoms with E-state index in [1.165, 1.54) is 20.9 Å². The first-order valence-corrected chi connectivity index (χ1v) is 7.93. The summed E-state index contributed by atoms with van der Waals surface area (Å²) in [4.78, 5) is 2.56. The molecule has 3 rings (SSSR count). The second kappa shape index (κ2) is 5.59. The molecule has 0 aliphatic heterocycles. The average Bonchev–Trinajstić information content (AvgIpc) is 3.10. The molecule has 0 unspecified atom stereocenters. The van der Waals surface area contributed by atoms with Crippen LogP contribution in [0.25, 0.3) is 20.9 Å². The van der Waals surface area contributed by atoms with E-state index in [2.05, 4.69) is 47.8 Å². The maximum absolute atomic E-state index is 5.51. The third-order valence-electron chi connectivity index (χ3n) is 2.84. The molecule has 0 aliphatic rings. The molecule has 0 radical (unpaired) electrons. The van der Waals surface area contributed by atoms with Crippen molar-refractivity contribution in [3.8, 4) is 25.9 Å². The van der Waals surface area contributed by atoms with Crippen molar-refractivity contribution >= 4 is 22.7 Å². The van der Waals surface area contributed by atoms with Gasteiger partial charge in [-0.3, -0.25) is 0 Å². The quantitative estimate of drug-likeness (QED) is 0.611. The molecule has 3 heteroatoms. The van der Waals surface area contributed by atoms with Gasteiger partial charge in [0.25, 0.3) is 0 Å². The lowest BCUT2D eigenvalue weighted by atomic mass is 10.1. The zero-order chi connectivity index (χ0) is 13.1. The summed E-state index contributed by atoms with van der Waals surface area (Å²) in [6.07, 6.45) is 0. The van der Waals surface area contributed by atoms with Gasteiger partial charge in [-0.25, -0.2) is 0 Å². The van der Waals surface area contributed by atoms with Crippen molar-refractivity contribution in [3.05, 3.63) is 53.9 Å². The molecule has 0 N–H and O–H groups in total. The molecule has 2 aromatic heterocycles. The molecule has 0 amide bonds. The molecular formula is C16H14OS2. The summed E-state index contributed by atoms with van der Waals surface area (Å²) in [7, 11) is 0. The lowest BCUT2D eigenvalue weighted by Crippen LogP contribution is -1.86. The van der Waals surface area contributed by atoms with E-state index >= 15 is 0 Å². The topological polar surface area (TPSA) is 9.23 Å². The van der Waals surface area contributed by atoms with E-state index in [0.29, 0.717) is 0 Å². The fourth-order valence-electron chi connectivity index (χ4n) is 1.94. The first-order valence-electron chi connectivity index (χ1n) is 6.24. The summed E-state index contributed by atoms with van der Waals surface area (Å²) in [5, 5.41) is 3.09. The SMILES string of the molecule is CCOc1ccc(-c2ccc(-c3cccs3)cc2)s1. The van der Waals surface area contributed by atoms with Crippen LogP contribution in [0.4, 0.5) is 0 Å². The normalized spacial score (nSPS) is 10.6. The molecular weight excluding hydrogens is 272 g/mol. The summed E-state index contributed by atoms with van der Waals surface area (Å²) in [6.45, 7) is 2.73. The molecule has 0 spiro atoms. The first kappa shape index (κ1) is 12.5. The van der Waals surface area contributed by atoms with Crippen LogP contribution in [0.1, 0.15) is 6.92 Å². The third-order valence-corrected chi connectivity index (χ3v) is 4.81. The lowest BCUT2D eigenvalue weighted by Gasteiger charge is -2.01. The van der Waals surface area contributed by atoms with Crippen LogP contribution < -0.4 is 4.74 Å². The van der Waals surface area contributed by atoms with Gasteiger partial charge in [-0.15, -0.1) is 11.3 Å². The fraction of sp³-hybridized carbons (Fsp3) is 0.125. The monoisotopic (exact) mass is 286 g/mol. The van der Waals surface area contributed by atoms with Crippen molar-refractivity contribution in [1.29, 1.82) is 0 Å². The first-order chi connectivity index (χ1) is 9.36. The van der Waals surface area contributed by atoms with Gasteiger partial charge in [0.15, 0.2) is 5.06 Å². The molecule has 1 aromatic carbocycles. The van der Waals surface area contributed by atoms with Crippen LogP contribution in [0.2, 0.25) is 0 Å². The molecule has 3 aromatic rings. The number of benzene rings is 1. The van der Waals surface area contributed by atoms with E-state index in [1.807, 2.05) is 13.0 Å².